The van der Waals surface area contributed by atoms with Gasteiger partial charge in [0.25, 0.3) is 12.3 Å². The number of hydrogen-bond acceptors (Lipinski definition) is 17. The van der Waals surface area contributed by atoms with E-state index in [4.69, 9.17) is 42.8 Å². The Bertz CT molecular complexity index is 2920. The van der Waals surface area contributed by atoms with Crippen LogP contribution in [-0.4, -0.2) is 164 Å². The first-order chi connectivity index (χ1) is 37.7. The Morgan fingerprint density at radius 2 is 1.82 bits per heavy atom. The summed E-state index contributed by atoms with van der Waals surface area (Å²) in [4.78, 5) is 63.0. The summed E-state index contributed by atoms with van der Waals surface area (Å²) in [5.41, 5.74) is 10.9. The minimum Gasteiger partial charge on any atom is -0.464 e. The maximum atomic E-state index is 14.9. The van der Waals surface area contributed by atoms with Crippen molar-refractivity contribution >= 4 is 45.7 Å². The van der Waals surface area contributed by atoms with E-state index in [1.165, 1.54) is 22.6 Å². The minimum absolute atomic E-state index is 0.0196. The number of ether oxygens (including phenoxy) is 6. The maximum Gasteiger partial charge on any atom is 0.324 e. The molecule has 19 nitrogen and oxygen atoms in total. The lowest BCUT2D eigenvalue weighted by atomic mass is 9.84. The number of amides is 2. The number of rotatable bonds is 15. The van der Waals surface area contributed by atoms with E-state index in [1.807, 2.05) is 43.6 Å². The van der Waals surface area contributed by atoms with Crippen molar-refractivity contribution < 1.29 is 56.0 Å². The average molecular weight is 1100 g/mol. The Kier molecular flexibility index (Phi) is 16.3. The van der Waals surface area contributed by atoms with Crippen LogP contribution in [0.15, 0.2) is 52.0 Å². The molecule has 6 bridgehead atoms. The predicted octanol–water partition coefficient (Wildman–Crippen LogP) is 6.72. The largest absolute Gasteiger partial charge is 0.464 e. The van der Waals surface area contributed by atoms with Crippen molar-refractivity contribution in [3.63, 3.8) is 0 Å². The van der Waals surface area contributed by atoms with Gasteiger partial charge in [-0.05, 0) is 74.8 Å². The SMILES string of the molecule is CO[C@@H](C)c1ncc(N2CCN(C3COC3)CC2)cc1-c1c2c3cc(ccc3n1CCOC1CCOCC1)-c1nc(co1)[C@@H](OCC(F)F)[C@H](NC(=O)C1[C@@H](c3cscn3)[C@H]1C)C(=O)N1CCC[C@H](N1)C(=O)OCC(C)(C)C2. The van der Waals surface area contributed by atoms with Gasteiger partial charge in [-0.25, -0.2) is 24.2 Å². The van der Waals surface area contributed by atoms with Crippen LogP contribution in [0.4, 0.5) is 14.5 Å². The summed E-state index contributed by atoms with van der Waals surface area (Å²) in [5.74, 6) is -2.41. The number of nitrogens with one attached hydrogen (secondary N) is 2. The molecule has 420 valence electrons. The van der Waals surface area contributed by atoms with Gasteiger partial charge in [0.1, 0.15) is 36.8 Å². The molecular formula is C56H71F2N9O10S. The minimum atomic E-state index is -2.92. The number of fused-ring (bicyclic) bond motifs is 6. The van der Waals surface area contributed by atoms with Crippen LogP contribution in [0.2, 0.25) is 0 Å². The van der Waals surface area contributed by atoms with Gasteiger partial charge in [-0.2, -0.15) is 0 Å². The molecule has 2 amide bonds. The molecule has 11 rings (SSSR count). The number of benzene rings is 1. The monoisotopic (exact) mass is 1100 g/mol. The summed E-state index contributed by atoms with van der Waals surface area (Å²) in [6.07, 6.45) is 1.25. The van der Waals surface area contributed by atoms with Gasteiger partial charge in [0.05, 0.1) is 79.2 Å². The highest BCUT2D eigenvalue weighted by molar-refractivity contribution is 7.07. The number of carbonyl (C=O) groups excluding carboxylic acids is 3. The number of nitrogens with zero attached hydrogens (tertiary/aromatic N) is 7. The highest BCUT2D eigenvalue weighted by Gasteiger charge is 2.55. The number of cyclic esters (lactones) is 1. The third-order valence-corrected chi connectivity index (χ3v) is 17.1. The standard InChI is InChI=1S/C56H71F2N9O10S/c1-32-46(43-29-78-31-60-43)47(32)52(68)62-49-51(75-28-45(57)58)42-27-76-53(61-42)34-8-9-44-38(21-34)40(23-56(3,4)30-77-55(70)41-7-6-12-67(63-41)54(49)69)50(66(44)17-20-74-37-10-18-72-19-11-37)39-22-35(24-59-48(39)33(2)71-5)64-13-15-65(16-14-64)36-25-73-26-36/h8-9,21-22,24,27,29,31-33,36-37,41,45-47,49,51,63H,6-7,10-20,23,25-26,28,30H2,1-5H3,(H,62,68)/t32-,33+,41+,46-,47?,49+,51-/m1/s1. The van der Waals surface area contributed by atoms with Gasteiger partial charge >= 0.3 is 5.97 Å². The van der Waals surface area contributed by atoms with E-state index in [1.54, 1.807) is 12.6 Å². The lowest BCUT2D eigenvalue weighted by molar-refractivity contribution is -0.157. The molecule has 2 N–H and O–H groups in total. The smallest absolute Gasteiger partial charge is 0.324 e. The number of aromatic nitrogens is 4. The molecule has 4 aromatic heterocycles. The normalized spacial score (nSPS) is 25.9. The van der Waals surface area contributed by atoms with Crippen molar-refractivity contribution in [1.82, 2.24) is 40.2 Å². The number of anilines is 1. The molecule has 4 saturated heterocycles. The Morgan fingerprint density at radius 3 is 2.55 bits per heavy atom. The van der Waals surface area contributed by atoms with Gasteiger partial charge < -0.3 is 47.6 Å². The quantitative estimate of drug-likeness (QED) is 0.105. The van der Waals surface area contributed by atoms with E-state index in [0.29, 0.717) is 57.2 Å². The summed E-state index contributed by atoms with van der Waals surface area (Å²) >= 11 is 1.42. The summed E-state index contributed by atoms with van der Waals surface area (Å²) in [7, 11) is 1.68. The highest BCUT2D eigenvalue weighted by atomic mass is 32.1. The van der Waals surface area contributed by atoms with Crippen molar-refractivity contribution in [1.29, 1.82) is 0 Å². The van der Waals surface area contributed by atoms with Crippen molar-refractivity contribution in [2.45, 2.75) is 115 Å². The molecule has 0 spiro atoms. The van der Waals surface area contributed by atoms with Crippen molar-refractivity contribution in [3.05, 3.63) is 70.3 Å². The van der Waals surface area contributed by atoms with E-state index < -0.39 is 66.4 Å². The predicted molar refractivity (Wildman–Crippen MR) is 285 cm³/mol. The van der Waals surface area contributed by atoms with Crippen LogP contribution >= 0.6 is 11.3 Å². The number of pyridine rings is 1. The Morgan fingerprint density at radius 1 is 1.01 bits per heavy atom. The molecule has 1 saturated carbocycles. The Balaban J connectivity index is 1.04. The highest BCUT2D eigenvalue weighted by Crippen LogP contribution is 2.54. The molecule has 1 aromatic carbocycles. The number of oxazole rings is 1. The number of hydrazine groups is 1. The molecule has 1 unspecified atom stereocenters. The van der Waals surface area contributed by atoms with Crippen LogP contribution in [0.5, 0.6) is 0 Å². The third kappa shape index (κ3) is 11.5. The van der Waals surface area contributed by atoms with E-state index in [9.17, 15) is 23.2 Å². The lowest BCUT2D eigenvalue weighted by Gasteiger charge is -2.43. The van der Waals surface area contributed by atoms with Gasteiger partial charge in [0.2, 0.25) is 11.8 Å². The number of esters is 1. The summed E-state index contributed by atoms with van der Waals surface area (Å²) in [5, 5.41) is 6.92. The van der Waals surface area contributed by atoms with Crippen molar-refractivity contribution in [2.75, 3.05) is 91.0 Å². The Labute approximate surface area is 456 Å². The van der Waals surface area contributed by atoms with Gasteiger partial charge in [0, 0.05) is 104 Å². The van der Waals surface area contributed by atoms with Crippen molar-refractivity contribution in [2.24, 2.45) is 17.3 Å². The van der Waals surface area contributed by atoms with Crippen LogP contribution in [-0.2, 0) is 55.8 Å². The number of methoxy groups -OCH3 is 1. The topological polar surface area (TPSA) is 197 Å². The second-order valence-electron chi connectivity index (χ2n) is 22.4. The second kappa shape index (κ2) is 23.3. The maximum absolute atomic E-state index is 14.9. The lowest BCUT2D eigenvalue weighted by Crippen LogP contribution is -2.61. The van der Waals surface area contributed by atoms with E-state index in [-0.39, 0.29) is 42.7 Å². The van der Waals surface area contributed by atoms with Crippen LogP contribution < -0.4 is 15.6 Å². The zero-order chi connectivity index (χ0) is 54.2. The molecule has 78 heavy (non-hydrogen) atoms. The van der Waals surface area contributed by atoms with E-state index in [2.05, 4.69) is 50.0 Å². The molecule has 5 fully saturated rings. The van der Waals surface area contributed by atoms with E-state index >= 15 is 0 Å². The van der Waals surface area contributed by atoms with Crippen molar-refractivity contribution in [3.8, 4) is 22.7 Å². The van der Waals surface area contributed by atoms with E-state index in [0.717, 1.165) is 97.0 Å². The first-order valence-corrected chi connectivity index (χ1v) is 28.4. The first-order valence-electron chi connectivity index (χ1n) is 27.5. The van der Waals surface area contributed by atoms with Gasteiger partial charge in [-0.3, -0.25) is 29.3 Å². The molecule has 7 atom stereocenters. The average Bonchev–Trinajstić information content (AvgIpc) is 4.10. The van der Waals surface area contributed by atoms with Crippen LogP contribution in [0, 0.1) is 17.3 Å². The third-order valence-electron chi connectivity index (χ3n) is 16.5. The summed E-state index contributed by atoms with van der Waals surface area (Å²) < 4.78 is 73.1. The fraction of sp³-hybridized carbons (Fsp3) is 0.607. The summed E-state index contributed by atoms with van der Waals surface area (Å²) in [6, 6.07) is 6.11. The number of piperazine rings is 1. The number of carbonyl (C=O) groups is 3. The number of halogens is 2. The Hall–Kier alpha value is -5.46. The first kappa shape index (κ1) is 54.5. The van der Waals surface area contributed by atoms with Crippen LogP contribution in [0.25, 0.3) is 33.6 Å². The zero-order valence-corrected chi connectivity index (χ0v) is 45.8. The van der Waals surface area contributed by atoms with Gasteiger partial charge in [-0.15, -0.1) is 11.3 Å². The number of alkyl halides is 2. The fourth-order valence-electron chi connectivity index (χ4n) is 12.0. The molecule has 0 radical (unpaired) electrons. The van der Waals surface area contributed by atoms with Gasteiger partial charge in [0.15, 0.2) is 0 Å². The van der Waals surface area contributed by atoms with Gasteiger partial charge in [-0.1, -0.05) is 20.8 Å². The fourth-order valence-corrected chi connectivity index (χ4v) is 12.6. The molecule has 5 aliphatic heterocycles. The second-order valence-corrected chi connectivity index (χ2v) is 23.1. The van der Waals surface area contributed by atoms with Crippen LogP contribution in [0.3, 0.4) is 0 Å². The molecular weight excluding hydrogens is 1030 g/mol. The molecule has 5 aromatic rings. The zero-order valence-electron chi connectivity index (χ0n) is 45.0. The molecule has 1 aliphatic carbocycles. The molecule has 9 heterocycles. The molecule has 22 heteroatoms. The summed E-state index contributed by atoms with van der Waals surface area (Å²) in [6.45, 7) is 14.3. The van der Waals surface area contributed by atoms with Crippen LogP contribution in [0.1, 0.15) is 94.1 Å². The number of hydrogen-bond donors (Lipinski definition) is 2. The molecule has 6 aliphatic rings. The number of thiazole rings is 1.